The first-order valence-electron chi connectivity index (χ1n) is 9.04. The maximum absolute atomic E-state index is 12.6. The summed E-state index contributed by atoms with van der Waals surface area (Å²) in [5.41, 5.74) is 3.69. The van der Waals surface area contributed by atoms with Gasteiger partial charge >= 0.3 is 4.87 Å². The second-order valence-corrected chi connectivity index (χ2v) is 8.75. The maximum atomic E-state index is 12.6. The number of nitrogens with zero attached hydrogens (tertiary/aromatic N) is 2. The zero-order valence-electron chi connectivity index (χ0n) is 15.2. The molecule has 1 aromatic heterocycles. The molecule has 1 N–H and O–H groups in total. The van der Waals surface area contributed by atoms with Crippen LogP contribution >= 0.6 is 27.3 Å². The molecule has 4 nitrogen and oxygen atoms in total. The third kappa shape index (κ3) is 3.34. The smallest absolute Gasteiger partial charge is 0.310 e. The standard InChI is InChI=1S/C23H15BrN2O2S/c24-18-7-8-20-19(11-18)17(12-25-20)10-21-22(27)26(23(28)29-21)13-14-5-6-15-3-1-2-4-16(15)9-14/h1-12,27H,13H2. The van der Waals surface area contributed by atoms with E-state index in [4.69, 9.17) is 0 Å². The van der Waals surface area contributed by atoms with Gasteiger partial charge in [0.05, 0.1) is 17.1 Å². The molecule has 142 valence electrons. The summed E-state index contributed by atoms with van der Waals surface area (Å²) < 4.78 is 2.37. The number of aromatic hydroxyl groups is 1. The zero-order valence-corrected chi connectivity index (χ0v) is 17.6. The molecule has 0 bridgehead atoms. The molecule has 0 saturated heterocycles. The summed E-state index contributed by atoms with van der Waals surface area (Å²) in [7, 11) is 0. The molecule has 3 aromatic carbocycles. The third-order valence-corrected chi connectivity index (χ3v) is 6.36. The van der Waals surface area contributed by atoms with Crippen molar-refractivity contribution in [2.45, 2.75) is 6.54 Å². The van der Waals surface area contributed by atoms with E-state index in [1.165, 1.54) is 4.57 Å². The normalized spacial score (nSPS) is 14.0. The van der Waals surface area contributed by atoms with Crippen molar-refractivity contribution in [3.05, 3.63) is 90.8 Å². The predicted molar refractivity (Wildman–Crippen MR) is 123 cm³/mol. The van der Waals surface area contributed by atoms with Crippen LogP contribution in [-0.2, 0) is 6.54 Å². The van der Waals surface area contributed by atoms with Crippen molar-refractivity contribution < 1.29 is 5.11 Å². The molecule has 1 aliphatic heterocycles. The van der Waals surface area contributed by atoms with Crippen LogP contribution in [0.25, 0.3) is 22.4 Å². The molecule has 0 saturated carbocycles. The van der Waals surface area contributed by atoms with E-state index in [2.05, 4.69) is 33.1 Å². The summed E-state index contributed by atoms with van der Waals surface area (Å²) in [6.45, 7) is 0.325. The van der Waals surface area contributed by atoms with Crippen LogP contribution in [0.2, 0.25) is 0 Å². The highest BCUT2D eigenvalue weighted by atomic mass is 79.9. The first-order valence-corrected chi connectivity index (χ1v) is 10.7. The molecule has 29 heavy (non-hydrogen) atoms. The maximum Gasteiger partial charge on any atom is 0.310 e. The molecule has 0 amide bonds. The lowest BCUT2D eigenvalue weighted by Gasteiger charge is -2.06. The van der Waals surface area contributed by atoms with E-state index in [1.807, 2.05) is 54.6 Å². The summed E-state index contributed by atoms with van der Waals surface area (Å²) in [5.74, 6) is -0.0162. The van der Waals surface area contributed by atoms with Crippen molar-refractivity contribution in [2.75, 3.05) is 0 Å². The fraction of sp³-hybridized carbons (Fsp3) is 0.0435. The van der Waals surface area contributed by atoms with Gasteiger partial charge in [-0.25, -0.2) is 0 Å². The second-order valence-electron chi connectivity index (χ2n) is 6.84. The number of rotatable bonds is 3. The van der Waals surface area contributed by atoms with E-state index in [0.29, 0.717) is 11.4 Å². The molecular weight excluding hydrogens is 448 g/mol. The number of thiazole rings is 1. The Morgan fingerprint density at radius 3 is 2.76 bits per heavy atom. The Morgan fingerprint density at radius 1 is 1.07 bits per heavy atom. The predicted octanol–water partition coefficient (Wildman–Crippen LogP) is 5.84. The van der Waals surface area contributed by atoms with Gasteiger partial charge in [-0.1, -0.05) is 63.7 Å². The molecule has 0 unspecified atom stereocenters. The van der Waals surface area contributed by atoms with Crippen LogP contribution in [0.4, 0.5) is 5.69 Å². The highest BCUT2D eigenvalue weighted by Gasteiger charge is 2.17. The average Bonchev–Trinajstić information content (AvgIpc) is 3.23. The molecule has 6 heteroatoms. The molecule has 0 radical (unpaired) electrons. The fourth-order valence-corrected chi connectivity index (χ4v) is 4.68. The number of aliphatic imine (C=N–C) groups is 1. The van der Waals surface area contributed by atoms with Crippen LogP contribution < -0.4 is 4.87 Å². The highest BCUT2D eigenvalue weighted by Crippen LogP contribution is 2.36. The van der Waals surface area contributed by atoms with Gasteiger partial charge in [-0.15, -0.1) is 0 Å². The summed E-state index contributed by atoms with van der Waals surface area (Å²) in [6, 6.07) is 20.0. The van der Waals surface area contributed by atoms with Gasteiger partial charge in [0.1, 0.15) is 0 Å². The number of hydrogen-bond donors (Lipinski definition) is 1. The van der Waals surface area contributed by atoms with Crippen molar-refractivity contribution >= 4 is 61.6 Å². The molecular formula is C23H15BrN2O2S. The lowest BCUT2D eigenvalue weighted by Crippen LogP contribution is -2.13. The van der Waals surface area contributed by atoms with E-state index in [9.17, 15) is 9.90 Å². The first kappa shape index (κ1) is 18.1. The number of aromatic nitrogens is 1. The van der Waals surface area contributed by atoms with Gasteiger partial charge in [0.2, 0.25) is 5.88 Å². The van der Waals surface area contributed by atoms with Crippen LogP contribution in [0.1, 0.15) is 16.0 Å². The number of fused-ring (bicyclic) bond motifs is 2. The second kappa shape index (κ2) is 7.13. The van der Waals surface area contributed by atoms with Gasteiger partial charge in [0.15, 0.2) is 0 Å². The molecule has 0 aliphatic carbocycles. The molecule has 4 aromatic rings. The topological polar surface area (TPSA) is 54.6 Å². The Bertz CT molecular complexity index is 1380. The largest absolute Gasteiger partial charge is 0.493 e. The van der Waals surface area contributed by atoms with Crippen molar-refractivity contribution in [2.24, 2.45) is 4.99 Å². The van der Waals surface area contributed by atoms with Gasteiger partial charge in [-0.2, -0.15) is 0 Å². The lowest BCUT2D eigenvalue weighted by molar-refractivity contribution is 0.420. The van der Waals surface area contributed by atoms with Crippen molar-refractivity contribution in [3.8, 4) is 5.88 Å². The van der Waals surface area contributed by atoms with Gasteiger partial charge < -0.3 is 5.11 Å². The molecule has 2 heterocycles. The number of allylic oxidation sites excluding steroid dienone is 1. The van der Waals surface area contributed by atoms with Crippen molar-refractivity contribution in [1.29, 1.82) is 0 Å². The Kier molecular flexibility index (Phi) is 4.45. The molecule has 0 atom stereocenters. The van der Waals surface area contributed by atoms with E-state index in [0.717, 1.165) is 49.0 Å². The number of hydrogen-bond acceptors (Lipinski definition) is 4. The summed E-state index contributed by atoms with van der Waals surface area (Å²) in [4.78, 5) is 17.3. The Hall–Kier alpha value is -2.96. The first-order chi connectivity index (χ1) is 14.1. The SMILES string of the molecule is O=c1sc(C=C2C=Nc3ccc(Br)cc32)c(O)n1Cc1ccc2ccccc2c1. The lowest BCUT2D eigenvalue weighted by atomic mass is 10.1. The molecule has 1 aliphatic rings. The monoisotopic (exact) mass is 462 g/mol. The number of halogens is 1. The van der Waals surface area contributed by atoms with Gasteiger partial charge in [0.25, 0.3) is 0 Å². The minimum absolute atomic E-state index is 0.0162. The Balaban J connectivity index is 1.51. The highest BCUT2D eigenvalue weighted by molar-refractivity contribution is 9.10. The van der Waals surface area contributed by atoms with Crippen LogP contribution in [0.3, 0.4) is 0 Å². The van der Waals surface area contributed by atoms with Crippen LogP contribution in [0.15, 0.2) is 74.9 Å². The van der Waals surface area contributed by atoms with Crippen molar-refractivity contribution in [1.82, 2.24) is 4.57 Å². The summed E-state index contributed by atoms with van der Waals surface area (Å²) in [5, 5.41) is 13.0. The zero-order chi connectivity index (χ0) is 20.0. The van der Waals surface area contributed by atoms with E-state index < -0.39 is 0 Å². The molecule has 5 rings (SSSR count). The van der Waals surface area contributed by atoms with Gasteiger partial charge in [-0.05, 0) is 46.7 Å². The quantitative estimate of drug-likeness (QED) is 0.415. The van der Waals surface area contributed by atoms with E-state index >= 15 is 0 Å². The minimum atomic E-state index is -0.188. The summed E-state index contributed by atoms with van der Waals surface area (Å²) >= 11 is 4.52. The van der Waals surface area contributed by atoms with Crippen LogP contribution in [0, 0.1) is 0 Å². The Labute approximate surface area is 179 Å². The van der Waals surface area contributed by atoms with Crippen LogP contribution in [-0.4, -0.2) is 15.9 Å². The van der Waals surface area contributed by atoms with Crippen molar-refractivity contribution in [3.63, 3.8) is 0 Å². The van der Waals surface area contributed by atoms with Gasteiger partial charge in [0, 0.05) is 21.8 Å². The average molecular weight is 463 g/mol. The number of benzene rings is 3. The van der Waals surface area contributed by atoms with Gasteiger partial charge in [-0.3, -0.25) is 14.4 Å². The molecule has 0 spiro atoms. The van der Waals surface area contributed by atoms with E-state index in [1.54, 1.807) is 6.21 Å². The molecule has 0 fully saturated rings. The fourth-order valence-electron chi connectivity index (χ4n) is 3.48. The minimum Gasteiger partial charge on any atom is -0.493 e. The van der Waals surface area contributed by atoms with Crippen LogP contribution in [0.5, 0.6) is 5.88 Å². The Morgan fingerprint density at radius 2 is 1.90 bits per heavy atom. The third-order valence-electron chi connectivity index (χ3n) is 4.95. The summed E-state index contributed by atoms with van der Waals surface area (Å²) in [6.07, 6.45) is 3.58. The van der Waals surface area contributed by atoms with E-state index in [-0.39, 0.29) is 10.8 Å².